The quantitative estimate of drug-likeness (QED) is 0.597. The summed E-state index contributed by atoms with van der Waals surface area (Å²) < 4.78 is 0. The maximum Gasteiger partial charge on any atom is 0.124 e. The minimum atomic E-state index is 0.303. The molecule has 1 atom stereocenters. The molecule has 0 aromatic rings. The van der Waals surface area contributed by atoms with Crippen LogP contribution in [0.25, 0.3) is 0 Å². The van der Waals surface area contributed by atoms with Crippen LogP contribution in [-0.4, -0.2) is 30.8 Å². The molecule has 0 bridgehead atoms. The van der Waals surface area contributed by atoms with E-state index in [1.165, 1.54) is 13.0 Å². The molecule has 0 aromatic carbocycles. The van der Waals surface area contributed by atoms with Crippen molar-refractivity contribution >= 4 is 6.29 Å². The highest BCUT2D eigenvalue weighted by Crippen LogP contribution is 2.15. The van der Waals surface area contributed by atoms with Crippen LogP contribution in [0, 0.1) is 11.8 Å². The lowest BCUT2D eigenvalue weighted by Crippen LogP contribution is -2.38. The predicted octanol–water partition coefficient (Wildman–Crippen LogP) is 1.55. The van der Waals surface area contributed by atoms with Crippen molar-refractivity contribution in [1.29, 1.82) is 0 Å². The van der Waals surface area contributed by atoms with Gasteiger partial charge in [0, 0.05) is 19.0 Å². The van der Waals surface area contributed by atoms with E-state index < -0.39 is 0 Å². The first kappa shape index (κ1) is 9.72. The lowest BCUT2D eigenvalue weighted by Gasteiger charge is -2.31. The summed E-state index contributed by atoms with van der Waals surface area (Å²) in [6.45, 7) is 7.77. The first-order chi connectivity index (χ1) is 5.72. The maximum atomic E-state index is 10.6. The molecule has 2 heteroatoms. The normalized spacial score (nSPS) is 26.1. The molecule has 0 N–H and O–H groups in total. The number of carbonyl (C=O) groups is 1. The molecule has 1 heterocycles. The summed E-state index contributed by atoms with van der Waals surface area (Å²) in [6, 6.07) is 0. The summed E-state index contributed by atoms with van der Waals surface area (Å²) in [7, 11) is 0. The van der Waals surface area contributed by atoms with E-state index in [4.69, 9.17) is 0 Å². The average Bonchev–Trinajstić information content (AvgIpc) is 2.03. The number of hydrogen-bond donors (Lipinski definition) is 0. The van der Waals surface area contributed by atoms with Crippen molar-refractivity contribution in [2.45, 2.75) is 26.7 Å². The molecule has 2 nitrogen and oxygen atoms in total. The Morgan fingerprint density at radius 1 is 1.58 bits per heavy atom. The van der Waals surface area contributed by atoms with Gasteiger partial charge in [-0.1, -0.05) is 13.8 Å². The molecule has 0 saturated carbocycles. The molecular weight excluding hydrogens is 150 g/mol. The number of carbonyl (C=O) groups excluding carboxylic acids is 1. The summed E-state index contributed by atoms with van der Waals surface area (Å²) in [4.78, 5) is 13.0. The Balaban J connectivity index is 2.30. The molecule has 1 aliphatic heterocycles. The molecule has 0 aliphatic carbocycles. The van der Waals surface area contributed by atoms with E-state index >= 15 is 0 Å². The van der Waals surface area contributed by atoms with Crippen LogP contribution in [0.5, 0.6) is 0 Å². The fraction of sp³-hybridized carbons (Fsp3) is 0.900. The van der Waals surface area contributed by atoms with Crippen molar-refractivity contribution in [3.8, 4) is 0 Å². The molecule has 70 valence electrons. The second-order valence-electron chi connectivity index (χ2n) is 4.19. The van der Waals surface area contributed by atoms with Crippen LogP contribution in [0.4, 0.5) is 0 Å². The Morgan fingerprint density at radius 3 is 2.92 bits per heavy atom. The molecular formula is C10H19NO. The summed E-state index contributed by atoms with van der Waals surface area (Å²) in [5.41, 5.74) is 0. The van der Waals surface area contributed by atoms with Crippen LogP contribution in [0.15, 0.2) is 0 Å². The minimum absolute atomic E-state index is 0.303. The van der Waals surface area contributed by atoms with E-state index in [-0.39, 0.29) is 0 Å². The Hall–Kier alpha value is -0.370. The number of piperidine rings is 1. The number of likely N-dealkylation sites (tertiary alicyclic amines) is 1. The summed E-state index contributed by atoms with van der Waals surface area (Å²) in [6.07, 6.45) is 3.40. The molecule has 1 saturated heterocycles. The van der Waals surface area contributed by atoms with Crippen molar-refractivity contribution in [2.75, 3.05) is 19.6 Å². The van der Waals surface area contributed by atoms with E-state index in [1.54, 1.807) is 0 Å². The molecule has 1 rings (SSSR count). The lowest BCUT2D eigenvalue weighted by molar-refractivity contribution is -0.112. The predicted molar refractivity (Wildman–Crippen MR) is 50.1 cm³/mol. The van der Waals surface area contributed by atoms with Gasteiger partial charge in [0.1, 0.15) is 6.29 Å². The minimum Gasteiger partial charge on any atom is -0.303 e. The average molecular weight is 169 g/mol. The molecule has 0 aromatic heterocycles. The zero-order valence-corrected chi connectivity index (χ0v) is 8.12. The zero-order chi connectivity index (χ0) is 8.97. The zero-order valence-electron chi connectivity index (χ0n) is 8.12. The second-order valence-corrected chi connectivity index (χ2v) is 4.19. The van der Waals surface area contributed by atoms with Crippen molar-refractivity contribution in [3.63, 3.8) is 0 Å². The van der Waals surface area contributed by atoms with Crippen LogP contribution in [-0.2, 0) is 4.79 Å². The van der Waals surface area contributed by atoms with Crippen molar-refractivity contribution in [3.05, 3.63) is 0 Å². The van der Waals surface area contributed by atoms with Gasteiger partial charge in [0.25, 0.3) is 0 Å². The van der Waals surface area contributed by atoms with E-state index in [9.17, 15) is 4.79 Å². The Bertz CT molecular complexity index is 145. The first-order valence-corrected chi connectivity index (χ1v) is 4.90. The second kappa shape index (κ2) is 4.61. The lowest BCUT2D eigenvalue weighted by atomic mass is 9.99. The summed E-state index contributed by atoms with van der Waals surface area (Å²) in [5.74, 6) is 1.02. The van der Waals surface area contributed by atoms with Crippen LogP contribution >= 0.6 is 0 Å². The van der Waals surface area contributed by atoms with Gasteiger partial charge in [0.15, 0.2) is 0 Å². The van der Waals surface area contributed by atoms with E-state index in [2.05, 4.69) is 18.7 Å². The first-order valence-electron chi connectivity index (χ1n) is 4.90. The molecule has 0 unspecified atom stereocenters. The Morgan fingerprint density at radius 2 is 2.33 bits per heavy atom. The third kappa shape index (κ3) is 2.94. The van der Waals surface area contributed by atoms with Crippen LogP contribution in [0.2, 0.25) is 0 Å². The molecule has 1 fully saturated rings. The van der Waals surface area contributed by atoms with E-state index in [0.29, 0.717) is 5.92 Å². The third-order valence-electron chi connectivity index (χ3n) is 2.36. The Labute approximate surface area is 74.9 Å². The maximum absolute atomic E-state index is 10.6. The van der Waals surface area contributed by atoms with E-state index in [1.807, 2.05) is 0 Å². The van der Waals surface area contributed by atoms with Crippen LogP contribution in [0.3, 0.4) is 0 Å². The van der Waals surface area contributed by atoms with Crippen LogP contribution < -0.4 is 0 Å². The van der Waals surface area contributed by atoms with Crippen molar-refractivity contribution in [1.82, 2.24) is 4.90 Å². The van der Waals surface area contributed by atoms with Crippen molar-refractivity contribution in [2.24, 2.45) is 11.8 Å². The smallest absolute Gasteiger partial charge is 0.124 e. The molecule has 0 amide bonds. The number of hydrogen-bond acceptors (Lipinski definition) is 2. The van der Waals surface area contributed by atoms with Gasteiger partial charge in [-0.3, -0.25) is 0 Å². The SMILES string of the molecule is CC(C)CN1CCC[C@@H](C=O)C1. The standard InChI is InChI=1S/C10H19NO/c1-9(2)6-11-5-3-4-10(7-11)8-12/h8-10H,3-7H2,1-2H3/t10-/m1/s1. The topological polar surface area (TPSA) is 20.3 Å². The molecule has 12 heavy (non-hydrogen) atoms. The van der Waals surface area contributed by atoms with Gasteiger partial charge < -0.3 is 9.69 Å². The van der Waals surface area contributed by atoms with Crippen molar-refractivity contribution < 1.29 is 4.79 Å². The monoisotopic (exact) mass is 169 g/mol. The summed E-state index contributed by atoms with van der Waals surface area (Å²) in [5, 5.41) is 0. The Kier molecular flexibility index (Phi) is 3.73. The van der Waals surface area contributed by atoms with Gasteiger partial charge in [0.2, 0.25) is 0 Å². The highest BCUT2D eigenvalue weighted by atomic mass is 16.1. The number of rotatable bonds is 3. The fourth-order valence-corrected chi connectivity index (χ4v) is 1.88. The summed E-state index contributed by atoms with van der Waals surface area (Å²) >= 11 is 0. The molecule has 1 aliphatic rings. The van der Waals surface area contributed by atoms with E-state index in [0.717, 1.165) is 31.7 Å². The van der Waals surface area contributed by atoms with Gasteiger partial charge in [0.05, 0.1) is 0 Å². The van der Waals surface area contributed by atoms with Gasteiger partial charge in [-0.05, 0) is 25.3 Å². The van der Waals surface area contributed by atoms with Gasteiger partial charge in [-0.15, -0.1) is 0 Å². The van der Waals surface area contributed by atoms with Gasteiger partial charge >= 0.3 is 0 Å². The molecule has 0 radical (unpaired) electrons. The highest BCUT2D eigenvalue weighted by Gasteiger charge is 2.19. The van der Waals surface area contributed by atoms with Gasteiger partial charge in [-0.25, -0.2) is 0 Å². The third-order valence-corrected chi connectivity index (χ3v) is 2.36. The number of nitrogens with zero attached hydrogens (tertiary/aromatic N) is 1. The van der Waals surface area contributed by atoms with Gasteiger partial charge in [-0.2, -0.15) is 0 Å². The molecule has 0 spiro atoms. The van der Waals surface area contributed by atoms with Crippen LogP contribution in [0.1, 0.15) is 26.7 Å². The highest BCUT2D eigenvalue weighted by molar-refractivity contribution is 5.53. The number of aldehydes is 1. The largest absolute Gasteiger partial charge is 0.303 e. The fourth-order valence-electron chi connectivity index (χ4n) is 1.88.